The Hall–Kier alpha value is -0.786. The van der Waals surface area contributed by atoms with Crippen LogP contribution < -0.4 is 0 Å². The van der Waals surface area contributed by atoms with Crippen LogP contribution in [-0.2, 0) is 27.9 Å². The van der Waals surface area contributed by atoms with Crippen molar-refractivity contribution in [3.8, 4) is 0 Å². The van der Waals surface area contributed by atoms with Crippen molar-refractivity contribution in [2.75, 3.05) is 6.61 Å². The van der Waals surface area contributed by atoms with Gasteiger partial charge in [0.05, 0.1) is 18.8 Å². The fourth-order valence-corrected chi connectivity index (χ4v) is 5.58. The van der Waals surface area contributed by atoms with Gasteiger partial charge in [0.15, 0.2) is 16.6 Å². The molecule has 2 fully saturated rings. The molecule has 0 aromatic rings. The Balaban J connectivity index is 2.19. The Morgan fingerprint density at radius 2 is 1.68 bits per heavy atom. The number of rotatable bonds is 6. The number of aliphatic hydroxyl groups excluding tert-OH is 1. The molecule has 0 aromatic heterocycles. The lowest BCUT2D eigenvalue weighted by atomic mass is 9.84. The van der Waals surface area contributed by atoms with Gasteiger partial charge in [-0.05, 0) is 60.1 Å². The number of amides is 1. The molecule has 1 amide bonds. The van der Waals surface area contributed by atoms with E-state index in [1.54, 1.807) is 20.8 Å². The molecule has 0 spiro atoms. The number of hydrogen-bond donors (Lipinski definition) is 1. The van der Waals surface area contributed by atoms with Crippen LogP contribution in [0.3, 0.4) is 0 Å². The average Bonchev–Trinajstić information content (AvgIpc) is 2.44. The molecular weight excluding hydrogens is 398 g/mol. The number of nitrogens with zero attached hydrogens (tertiary/aromatic N) is 1. The van der Waals surface area contributed by atoms with Crippen molar-refractivity contribution in [2.24, 2.45) is 5.92 Å². The number of ether oxygens (including phenoxy) is 2. The van der Waals surface area contributed by atoms with E-state index in [2.05, 4.69) is 39.3 Å². The van der Waals surface area contributed by atoms with Crippen molar-refractivity contribution in [1.29, 1.82) is 0 Å². The molecule has 5 atom stereocenters. The maximum Gasteiger partial charge on any atom is 0.357 e. The predicted octanol–water partition coefficient (Wildman–Crippen LogP) is 1.90. The lowest BCUT2D eigenvalue weighted by molar-refractivity contribution is -0.268. The van der Waals surface area contributed by atoms with E-state index in [1.807, 2.05) is 0 Å². The second-order valence-corrected chi connectivity index (χ2v) is 19.3. The quantitative estimate of drug-likeness (QED) is 0.388. The molecule has 8 nitrogen and oxygen atoms in total. The first kappa shape index (κ1) is 23.5. The molecule has 2 aliphatic rings. The predicted molar refractivity (Wildman–Crippen MR) is 108 cm³/mol. The van der Waals surface area contributed by atoms with Crippen LogP contribution in [0.2, 0.25) is 39.3 Å². The first-order valence-electron chi connectivity index (χ1n) is 9.70. The largest absolute Gasteiger partial charge is 0.457 e. The van der Waals surface area contributed by atoms with Crippen LogP contribution in [0, 0.1) is 5.92 Å². The highest BCUT2D eigenvalue weighted by Gasteiger charge is 2.61. The maximum absolute atomic E-state index is 12.9. The molecule has 0 radical (unpaired) electrons. The third-order valence-corrected chi connectivity index (χ3v) is 6.14. The molecule has 2 saturated heterocycles. The van der Waals surface area contributed by atoms with E-state index >= 15 is 0 Å². The van der Waals surface area contributed by atoms with Crippen LogP contribution in [0.25, 0.3) is 0 Å². The summed E-state index contributed by atoms with van der Waals surface area (Å²) < 4.78 is 23.6. The van der Waals surface area contributed by atoms with Gasteiger partial charge < -0.3 is 23.4 Å². The molecule has 2 rings (SSSR count). The van der Waals surface area contributed by atoms with Gasteiger partial charge >= 0.3 is 5.97 Å². The van der Waals surface area contributed by atoms with Crippen molar-refractivity contribution >= 4 is 28.5 Å². The summed E-state index contributed by atoms with van der Waals surface area (Å²) >= 11 is 0. The van der Waals surface area contributed by atoms with Gasteiger partial charge in [0.2, 0.25) is 12.1 Å². The minimum atomic E-state index is -1.98. The van der Waals surface area contributed by atoms with Crippen molar-refractivity contribution < 1.29 is 33.0 Å². The number of carbonyl (C=O) groups is 2. The van der Waals surface area contributed by atoms with Crippen LogP contribution in [0.4, 0.5) is 0 Å². The normalized spacial score (nSPS) is 29.8. The fourth-order valence-electron chi connectivity index (χ4n) is 3.36. The number of hydrogen-bond acceptors (Lipinski definition) is 7. The standard InChI is InChI=1S/C18H35NO7Si2/c1-18(2,3)24-17(22)15(21)19-14(20)12-13(26-28(7,8)9)11(10-23-16(12)19)25-27(4,5)6/h11-13,15-16,21H,10H2,1-9H3/t11-,12-,13-,15?,16-/m1/s1. The van der Waals surface area contributed by atoms with Crippen LogP contribution in [-0.4, -0.2) is 75.4 Å². The summed E-state index contributed by atoms with van der Waals surface area (Å²) in [6.07, 6.45) is -3.22. The molecule has 0 saturated carbocycles. The Morgan fingerprint density at radius 3 is 2.14 bits per heavy atom. The van der Waals surface area contributed by atoms with Crippen molar-refractivity contribution in [2.45, 2.75) is 90.3 Å². The monoisotopic (exact) mass is 433 g/mol. The molecule has 1 unspecified atom stereocenters. The van der Waals surface area contributed by atoms with Gasteiger partial charge in [0.1, 0.15) is 17.7 Å². The topological polar surface area (TPSA) is 94.5 Å². The van der Waals surface area contributed by atoms with Gasteiger partial charge in [0.25, 0.3) is 0 Å². The molecule has 162 valence electrons. The zero-order chi connectivity index (χ0) is 21.7. The number of aliphatic hydroxyl groups is 1. The van der Waals surface area contributed by atoms with E-state index < -0.39 is 52.7 Å². The summed E-state index contributed by atoms with van der Waals surface area (Å²) in [6, 6.07) is 0. The van der Waals surface area contributed by atoms with E-state index in [0.717, 1.165) is 4.90 Å². The van der Waals surface area contributed by atoms with Crippen LogP contribution >= 0.6 is 0 Å². The van der Waals surface area contributed by atoms with Gasteiger partial charge in [0, 0.05) is 0 Å². The number of β-lactam (4-membered cyclic amide) rings is 1. The maximum atomic E-state index is 12.9. The highest BCUT2D eigenvalue weighted by Crippen LogP contribution is 2.40. The van der Waals surface area contributed by atoms with E-state index in [1.165, 1.54) is 0 Å². The first-order valence-corrected chi connectivity index (χ1v) is 16.5. The van der Waals surface area contributed by atoms with Crippen molar-refractivity contribution in [3.63, 3.8) is 0 Å². The summed E-state index contributed by atoms with van der Waals surface area (Å²) in [5, 5.41) is 10.4. The van der Waals surface area contributed by atoms with Gasteiger partial charge in [-0.3, -0.25) is 9.69 Å². The van der Waals surface area contributed by atoms with Gasteiger partial charge in [-0.1, -0.05) is 0 Å². The fraction of sp³-hybridized carbons (Fsp3) is 0.889. The Bertz CT molecular complexity index is 609. The Morgan fingerprint density at radius 1 is 1.14 bits per heavy atom. The third-order valence-electron chi connectivity index (χ3n) is 4.15. The van der Waals surface area contributed by atoms with Gasteiger partial charge in [-0.15, -0.1) is 0 Å². The SMILES string of the molecule is CC(C)(C)OC(=O)C(O)N1C(=O)[C@H]2[C@H](O[Si](C)(C)C)[C@H](O[Si](C)(C)C)CO[C@H]21. The molecule has 0 aliphatic carbocycles. The molecule has 0 aromatic carbocycles. The number of fused-ring (bicyclic) bond motifs is 1. The zero-order valence-corrected chi connectivity index (χ0v) is 20.4. The van der Waals surface area contributed by atoms with E-state index in [0.29, 0.717) is 0 Å². The van der Waals surface area contributed by atoms with Gasteiger partial charge in [-0.25, -0.2) is 4.79 Å². The van der Waals surface area contributed by atoms with E-state index in [9.17, 15) is 14.7 Å². The summed E-state index contributed by atoms with van der Waals surface area (Å²) in [5.41, 5.74) is -0.765. The Kier molecular flexibility index (Phi) is 6.55. The molecule has 28 heavy (non-hydrogen) atoms. The molecule has 10 heteroatoms. The summed E-state index contributed by atoms with van der Waals surface area (Å²) in [5.74, 6) is -1.85. The van der Waals surface area contributed by atoms with Crippen LogP contribution in [0.5, 0.6) is 0 Å². The second kappa shape index (κ2) is 7.80. The Labute approximate surface area is 169 Å². The summed E-state index contributed by atoms with van der Waals surface area (Å²) in [6.45, 7) is 17.7. The first-order chi connectivity index (χ1) is 12.5. The van der Waals surface area contributed by atoms with Crippen molar-refractivity contribution in [3.05, 3.63) is 0 Å². The lowest BCUT2D eigenvalue weighted by Gasteiger charge is -2.56. The number of likely N-dealkylation sites (tertiary alicyclic amines) is 1. The highest BCUT2D eigenvalue weighted by molar-refractivity contribution is 6.70. The highest BCUT2D eigenvalue weighted by atomic mass is 28.4. The van der Waals surface area contributed by atoms with Crippen LogP contribution in [0.15, 0.2) is 0 Å². The molecule has 2 aliphatic heterocycles. The summed E-state index contributed by atoms with van der Waals surface area (Å²) in [7, 11) is -3.86. The third kappa shape index (κ3) is 5.64. The molecule has 0 bridgehead atoms. The molecular formula is C18H35NO7Si2. The van der Waals surface area contributed by atoms with Crippen molar-refractivity contribution in [1.82, 2.24) is 4.90 Å². The summed E-state index contributed by atoms with van der Waals surface area (Å²) in [4.78, 5) is 26.1. The second-order valence-electron chi connectivity index (χ2n) is 10.4. The minimum Gasteiger partial charge on any atom is -0.457 e. The van der Waals surface area contributed by atoms with E-state index in [4.69, 9.17) is 18.3 Å². The zero-order valence-electron chi connectivity index (χ0n) is 18.4. The smallest absolute Gasteiger partial charge is 0.357 e. The van der Waals surface area contributed by atoms with E-state index in [-0.39, 0.29) is 18.6 Å². The lowest BCUT2D eigenvalue weighted by Crippen LogP contribution is -2.75. The molecule has 1 N–H and O–H groups in total. The van der Waals surface area contributed by atoms with Crippen LogP contribution in [0.1, 0.15) is 20.8 Å². The number of esters is 1. The number of carbonyl (C=O) groups excluding carboxylic acids is 2. The van der Waals surface area contributed by atoms with Gasteiger partial charge in [-0.2, -0.15) is 0 Å². The minimum absolute atomic E-state index is 0.241. The average molecular weight is 434 g/mol. The molecule has 2 heterocycles.